The van der Waals surface area contributed by atoms with E-state index in [0.717, 1.165) is 51.6 Å². The van der Waals surface area contributed by atoms with E-state index in [0.29, 0.717) is 0 Å². The normalized spacial score (nSPS) is 39.0. The van der Waals surface area contributed by atoms with E-state index in [9.17, 15) is 9.59 Å². The van der Waals surface area contributed by atoms with Gasteiger partial charge in [0.15, 0.2) is 0 Å². The maximum absolute atomic E-state index is 12.3. The number of hydrogen-bond donors (Lipinski definition) is 4. The Labute approximate surface area is 119 Å². The Hall–Kier alpha value is -1.14. The minimum atomic E-state index is -0.414. The Balaban J connectivity index is 1.63. The van der Waals surface area contributed by atoms with Gasteiger partial charge in [0.2, 0.25) is 11.8 Å². The lowest BCUT2D eigenvalue weighted by Gasteiger charge is -2.39. The van der Waals surface area contributed by atoms with Crippen molar-refractivity contribution >= 4 is 11.8 Å². The SMILES string of the molecule is O=C1NC(C2CCCCN2)C(=O)NC1C1CCCCN1. The molecule has 3 heterocycles. The molecular formula is C14H24N4O2. The molecule has 0 aliphatic carbocycles. The molecule has 3 aliphatic heterocycles. The highest BCUT2D eigenvalue weighted by Gasteiger charge is 2.41. The van der Waals surface area contributed by atoms with Crippen molar-refractivity contribution in [1.82, 2.24) is 21.3 Å². The minimum Gasteiger partial charge on any atom is -0.341 e. The summed E-state index contributed by atoms with van der Waals surface area (Å²) in [6.07, 6.45) is 6.42. The first-order chi connectivity index (χ1) is 9.75. The molecule has 0 saturated carbocycles. The van der Waals surface area contributed by atoms with Crippen LogP contribution in [0, 0.1) is 0 Å². The number of carbonyl (C=O) groups excluding carboxylic acids is 2. The van der Waals surface area contributed by atoms with Gasteiger partial charge in [0.1, 0.15) is 12.1 Å². The molecule has 0 aromatic heterocycles. The molecule has 0 aromatic rings. The van der Waals surface area contributed by atoms with Gasteiger partial charge in [-0.25, -0.2) is 0 Å². The predicted octanol–water partition coefficient (Wildman–Crippen LogP) is -0.746. The molecule has 0 bridgehead atoms. The van der Waals surface area contributed by atoms with E-state index in [1.807, 2.05) is 0 Å². The van der Waals surface area contributed by atoms with Crippen molar-refractivity contribution in [3.05, 3.63) is 0 Å². The second-order valence-corrected chi connectivity index (χ2v) is 6.09. The Kier molecular flexibility index (Phi) is 4.21. The molecule has 6 heteroatoms. The molecule has 0 radical (unpaired) electrons. The Morgan fingerprint density at radius 2 is 1.15 bits per heavy atom. The summed E-state index contributed by atoms with van der Waals surface area (Å²) in [4.78, 5) is 24.6. The first-order valence-electron chi connectivity index (χ1n) is 7.83. The molecule has 4 N–H and O–H groups in total. The van der Waals surface area contributed by atoms with Crippen molar-refractivity contribution in [3.8, 4) is 0 Å². The van der Waals surface area contributed by atoms with E-state index in [-0.39, 0.29) is 23.9 Å². The standard InChI is InChI=1S/C14H24N4O2/c19-13-11(9-5-1-3-7-15-9)17-14(20)12(18-13)10-6-2-4-8-16-10/h9-12,15-16H,1-8H2,(H,17,20)(H,18,19). The van der Waals surface area contributed by atoms with Gasteiger partial charge in [-0.15, -0.1) is 0 Å². The van der Waals surface area contributed by atoms with Crippen LogP contribution < -0.4 is 21.3 Å². The van der Waals surface area contributed by atoms with Crippen LogP contribution in [0.1, 0.15) is 38.5 Å². The first kappa shape index (κ1) is 13.8. The highest BCUT2D eigenvalue weighted by Crippen LogP contribution is 2.16. The van der Waals surface area contributed by atoms with E-state index in [1.54, 1.807) is 0 Å². The minimum absolute atomic E-state index is 0.0404. The number of amides is 2. The summed E-state index contributed by atoms with van der Waals surface area (Å²) in [6.45, 7) is 1.86. The van der Waals surface area contributed by atoms with Crippen molar-refractivity contribution in [2.45, 2.75) is 62.7 Å². The summed E-state index contributed by atoms with van der Waals surface area (Å²) in [7, 11) is 0. The number of piperidine rings is 2. The number of hydrogen-bond acceptors (Lipinski definition) is 4. The lowest BCUT2D eigenvalue weighted by atomic mass is 9.91. The van der Waals surface area contributed by atoms with Gasteiger partial charge < -0.3 is 21.3 Å². The third-order valence-electron chi connectivity index (χ3n) is 4.66. The molecular weight excluding hydrogens is 256 g/mol. The van der Waals surface area contributed by atoms with Crippen molar-refractivity contribution in [2.24, 2.45) is 0 Å². The summed E-state index contributed by atoms with van der Waals surface area (Å²) < 4.78 is 0. The lowest BCUT2D eigenvalue weighted by Crippen LogP contribution is -2.71. The smallest absolute Gasteiger partial charge is 0.244 e. The van der Waals surface area contributed by atoms with Crippen LogP contribution in [0.15, 0.2) is 0 Å². The average molecular weight is 280 g/mol. The summed E-state index contributed by atoms with van der Waals surface area (Å²) >= 11 is 0. The van der Waals surface area contributed by atoms with Crippen LogP contribution in [0.4, 0.5) is 0 Å². The Morgan fingerprint density at radius 1 is 0.700 bits per heavy atom. The average Bonchev–Trinajstić information content (AvgIpc) is 2.51. The highest BCUT2D eigenvalue weighted by molar-refractivity contribution is 5.97. The molecule has 6 nitrogen and oxygen atoms in total. The number of carbonyl (C=O) groups is 2. The Morgan fingerprint density at radius 3 is 1.50 bits per heavy atom. The number of piperazine rings is 1. The van der Waals surface area contributed by atoms with E-state index < -0.39 is 12.1 Å². The zero-order chi connectivity index (χ0) is 13.9. The van der Waals surface area contributed by atoms with Crippen LogP contribution in [0.2, 0.25) is 0 Å². The fraction of sp³-hybridized carbons (Fsp3) is 0.857. The molecule has 3 saturated heterocycles. The van der Waals surface area contributed by atoms with E-state index in [1.165, 1.54) is 0 Å². The zero-order valence-corrected chi connectivity index (χ0v) is 11.8. The van der Waals surface area contributed by atoms with Crippen molar-refractivity contribution < 1.29 is 9.59 Å². The van der Waals surface area contributed by atoms with Crippen molar-refractivity contribution in [1.29, 1.82) is 0 Å². The summed E-state index contributed by atoms with van der Waals surface area (Å²) in [6, 6.07) is -0.675. The van der Waals surface area contributed by atoms with Crippen LogP contribution in [0.5, 0.6) is 0 Å². The fourth-order valence-corrected chi connectivity index (χ4v) is 3.51. The quantitative estimate of drug-likeness (QED) is 0.537. The highest BCUT2D eigenvalue weighted by atomic mass is 16.2. The summed E-state index contributed by atoms with van der Waals surface area (Å²) in [5.41, 5.74) is 0. The van der Waals surface area contributed by atoms with Gasteiger partial charge in [-0.3, -0.25) is 9.59 Å². The molecule has 4 unspecified atom stereocenters. The van der Waals surface area contributed by atoms with Gasteiger partial charge in [-0.2, -0.15) is 0 Å². The molecule has 4 atom stereocenters. The van der Waals surface area contributed by atoms with Crippen LogP contribution in [0.25, 0.3) is 0 Å². The fourth-order valence-electron chi connectivity index (χ4n) is 3.51. The number of rotatable bonds is 2. The van der Waals surface area contributed by atoms with Gasteiger partial charge in [0.05, 0.1) is 0 Å². The second-order valence-electron chi connectivity index (χ2n) is 6.09. The largest absolute Gasteiger partial charge is 0.341 e. The topological polar surface area (TPSA) is 82.3 Å². The summed E-state index contributed by atoms with van der Waals surface area (Å²) in [5.74, 6) is -0.0808. The predicted molar refractivity (Wildman–Crippen MR) is 75.1 cm³/mol. The maximum atomic E-state index is 12.3. The van der Waals surface area contributed by atoms with Gasteiger partial charge in [0, 0.05) is 12.1 Å². The van der Waals surface area contributed by atoms with E-state index >= 15 is 0 Å². The van der Waals surface area contributed by atoms with Crippen LogP contribution in [-0.2, 0) is 9.59 Å². The maximum Gasteiger partial charge on any atom is 0.244 e. The monoisotopic (exact) mass is 280 g/mol. The molecule has 2 amide bonds. The third kappa shape index (κ3) is 2.81. The van der Waals surface area contributed by atoms with E-state index in [2.05, 4.69) is 21.3 Å². The summed E-state index contributed by atoms with van der Waals surface area (Å²) in [5, 5.41) is 12.5. The molecule has 3 rings (SSSR count). The van der Waals surface area contributed by atoms with Gasteiger partial charge in [-0.1, -0.05) is 12.8 Å². The number of nitrogens with one attached hydrogen (secondary N) is 4. The van der Waals surface area contributed by atoms with Crippen LogP contribution in [0.3, 0.4) is 0 Å². The second kappa shape index (κ2) is 6.10. The van der Waals surface area contributed by atoms with Crippen molar-refractivity contribution in [3.63, 3.8) is 0 Å². The van der Waals surface area contributed by atoms with Gasteiger partial charge in [-0.05, 0) is 38.8 Å². The molecule has 20 heavy (non-hydrogen) atoms. The molecule has 0 spiro atoms. The lowest BCUT2D eigenvalue weighted by molar-refractivity contribution is -0.138. The van der Waals surface area contributed by atoms with Gasteiger partial charge >= 0.3 is 0 Å². The zero-order valence-electron chi connectivity index (χ0n) is 11.8. The van der Waals surface area contributed by atoms with Crippen LogP contribution in [-0.4, -0.2) is 49.1 Å². The first-order valence-corrected chi connectivity index (χ1v) is 7.83. The Bertz CT molecular complexity index is 339. The van der Waals surface area contributed by atoms with Crippen LogP contribution >= 0.6 is 0 Å². The van der Waals surface area contributed by atoms with Gasteiger partial charge in [0.25, 0.3) is 0 Å². The molecule has 112 valence electrons. The third-order valence-corrected chi connectivity index (χ3v) is 4.66. The molecule has 3 fully saturated rings. The molecule has 0 aromatic carbocycles. The van der Waals surface area contributed by atoms with Crippen molar-refractivity contribution in [2.75, 3.05) is 13.1 Å². The molecule has 3 aliphatic rings. The van der Waals surface area contributed by atoms with E-state index in [4.69, 9.17) is 0 Å².